The number of hydrogen-bond donors (Lipinski definition) is 2. The molecule has 1 heterocycles. The van der Waals surface area contributed by atoms with Gasteiger partial charge in [-0.05, 0) is 6.07 Å². The lowest BCUT2D eigenvalue weighted by atomic mass is 10.1. The van der Waals surface area contributed by atoms with Gasteiger partial charge in [0.25, 0.3) is 0 Å². The van der Waals surface area contributed by atoms with Crippen molar-refractivity contribution >= 4 is 17.6 Å². The van der Waals surface area contributed by atoms with E-state index in [0.29, 0.717) is 0 Å². The highest BCUT2D eigenvalue weighted by atomic mass is 35.5. The summed E-state index contributed by atoms with van der Waals surface area (Å²) in [7, 11) is 2.69. The monoisotopic (exact) mass is 300 g/mol. The van der Waals surface area contributed by atoms with Crippen LogP contribution in [-0.4, -0.2) is 33.1 Å². The van der Waals surface area contributed by atoms with Gasteiger partial charge in [0, 0.05) is 13.1 Å². The molecular formula is C12H10ClFN2O4. The molecule has 0 aliphatic carbocycles. The predicted molar refractivity (Wildman–Crippen MR) is 68.8 cm³/mol. The molecule has 106 valence electrons. The molecule has 6 nitrogen and oxygen atoms in total. The number of aromatic hydroxyl groups is 1. The highest BCUT2D eigenvalue weighted by molar-refractivity contribution is 6.31. The summed E-state index contributed by atoms with van der Waals surface area (Å²) in [6, 6.07) is 2.17. The second-order valence-corrected chi connectivity index (χ2v) is 4.35. The fourth-order valence-corrected chi connectivity index (χ4v) is 2.04. The molecule has 1 aromatic heterocycles. The Morgan fingerprint density at radius 3 is 2.65 bits per heavy atom. The zero-order valence-electron chi connectivity index (χ0n) is 10.5. The number of hydrogen-bond acceptors (Lipinski definition) is 4. The minimum atomic E-state index is -1.25. The molecule has 0 saturated carbocycles. The maximum absolute atomic E-state index is 14.2. The Balaban J connectivity index is 2.78. The summed E-state index contributed by atoms with van der Waals surface area (Å²) in [6.45, 7) is 0. The third-order valence-corrected chi connectivity index (χ3v) is 2.99. The Morgan fingerprint density at radius 2 is 2.15 bits per heavy atom. The van der Waals surface area contributed by atoms with E-state index >= 15 is 0 Å². The van der Waals surface area contributed by atoms with E-state index in [1.807, 2.05) is 0 Å². The van der Waals surface area contributed by atoms with Crippen LogP contribution in [0, 0.1) is 5.82 Å². The second-order valence-electron chi connectivity index (χ2n) is 3.94. The zero-order chi connectivity index (χ0) is 15.0. The Bertz CT molecular complexity index is 699. The number of carbonyl (C=O) groups is 1. The van der Waals surface area contributed by atoms with Crippen LogP contribution in [0.15, 0.2) is 12.1 Å². The van der Waals surface area contributed by atoms with Gasteiger partial charge in [0.2, 0.25) is 0 Å². The first-order valence-electron chi connectivity index (χ1n) is 5.39. The van der Waals surface area contributed by atoms with Crippen molar-refractivity contribution in [2.75, 3.05) is 7.11 Å². The molecule has 8 heteroatoms. The number of ether oxygens (including phenoxy) is 1. The van der Waals surface area contributed by atoms with Crippen LogP contribution in [-0.2, 0) is 7.05 Å². The molecular weight excluding hydrogens is 291 g/mol. The van der Waals surface area contributed by atoms with E-state index in [2.05, 4.69) is 5.10 Å². The van der Waals surface area contributed by atoms with Gasteiger partial charge >= 0.3 is 5.97 Å². The van der Waals surface area contributed by atoms with Crippen molar-refractivity contribution in [3.8, 4) is 22.8 Å². The van der Waals surface area contributed by atoms with Gasteiger partial charge < -0.3 is 14.9 Å². The smallest absolute Gasteiger partial charge is 0.356 e. The van der Waals surface area contributed by atoms with E-state index in [0.717, 1.165) is 6.07 Å². The lowest BCUT2D eigenvalue weighted by Gasteiger charge is -2.12. The van der Waals surface area contributed by atoms with Crippen molar-refractivity contribution in [1.82, 2.24) is 9.78 Å². The molecule has 0 unspecified atom stereocenters. The van der Waals surface area contributed by atoms with Gasteiger partial charge in [-0.15, -0.1) is 0 Å². The van der Waals surface area contributed by atoms with E-state index < -0.39 is 11.8 Å². The van der Waals surface area contributed by atoms with E-state index in [4.69, 9.17) is 21.4 Å². The molecule has 0 amide bonds. The molecule has 20 heavy (non-hydrogen) atoms. The number of benzene rings is 1. The lowest BCUT2D eigenvalue weighted by molar-refractivity contribution is 0.0689. The van der Waals surface area contributed by atoms with Crippen molar-refractivity contribution in [2.45, 2.75) is 0 Å². The average molecular weight is 301 g/mol. The molecule has 0 aliphatic rings. The van der Waals surface area contributed by atoms with Gasteiger partial charge in [-0.2, -0.15) is 5.10 Å². The second kappa shape index (κ2) is 5.01. The molecule has 2 N–H and O–H groups in total. The van der Waals surface area contributed by atoms with Crippen molar-refractivity contribution in [2.24, 2.45) is 7.05 Å². The fourth-order valence-electron chi connectivity index (χ4n) is 1.84. The first-order chi connectivity index (χ1) is 9.36. The molecule has 2 rings (SSSR count). The summed E-state index contributed by atoms with van der Waals surface area (Å²) < 4.78 is 20.3. The molecule has 1 aromatic carbocycles. The summed E-state index contributed by atoms with van der Waals surface area (Å²) in [4.78, 5) is 10.9. The van der Waals surface area contributed by atoms with E-state index in [1.54, 1.807) is 0 Å². The first-order valence-corrected chi connectivity index (χ1v) is 5.77. The van der Waals surface area contributed by atoms with E-state index in [1.165, 1.54) is 24.9 Å². The summed E-state index contributed by atoms with van der Waals surface area (Å²) in [5, 5.41) is 22.1. The summed E-state index contributed by atoms with van der Waals surface area (Å²) >= 11 is 5.68. The Labute approximate surface area is 118 Å². The van der Waals surface area contributed by atoms with Crippen LogP contribution in [0.2, 0.25) is 5.02 Å². The SMILES string of the molecule is COc1c(O)cc(Cl)c(F)c1-c1cc(C(=O)O)nn1C. The summed E-state index contributed by atoms with van der Waals surface area (Å²) in [5.74, 6) is -2.59. The minimum absolute atomic E-state index is 0.120. The van der Waals surface area contributed by atoms with Crippen molar-refractivity contribution < 1.29 is 24.1 Å². The maximum Gasteiger partial charge on any atom is 0.356 e. The molecule has 0 bridgehead atoms. The van der Waals surface area contributed by atoms with Crippen molar-refractivity contribution in [3.63, 3.8) is 0 Å². The Kier molecular flexibility index (Phi) is 3.54. The van der Waals surface area contributed by atoms with Crippen LogP contribution in [0.3, 0.4) is 0 Å². The highest BCUT2D eigenvalue weighted by Crippen LogP contribution is 2.42. The van der Waals surface area contributed by atoms with Crippen LogP contribution in [0.1, 0.15) is 10.5 Å². The van der Waals surface area contributed by atoms with Crippen LogP contribution in [0.5, 0.6) is 11.5 Å². The largest absolute Gasteiger partial charge is 0.504 e. The van der Waals surface area contributed by atoms with Gasteiger partial charge in [0.1, 0.15) is 0 Å². The number of methoxy groups -OCH3 is 1. The quantitative estimate of drug-likeness (QED) is 0.908. The number of rotatable bonds is 3. The molecule has 0 atom stereocenters. The van der Waals surface area contributed by atoms with Crippen LogP contribution in [0.25, 0.3) is 11.3 Å². The molecule has 2 aromatic rings. The lowest BCUT2D eigenvalue weighted by Crippen LogP contribution is -2.01. The predicted octanol–water partition coefficient (Wildman–Crippen LogP) is 2.29. The average Bonchev–Trinajstić information content (AvgIpc) is 2.75. The number of aryl methyl sites for hydroxylation is 1. The standard InChI is InChI=1S/C12H10ClFN2O4/c1-16-7(4-6(15-16)12(18)19)9-10(14)5(13)3-8(17)11(9)20-2/h3-4,17H,1-2H3,(H,18,19). The topological polar surface area (TPSA) is 84.6 Å². The zero-order valence-corrected chi connectivity index (χ0v) is 11.3. The number of halogens is 2. The third kappa shape index (κ3) is 2.16. The number of aromatic nitrogens is 2. The van der Waals surface area contributed by atoms with Crippen LogP contribution < -0.4 is 4.74 Å². The highest BCUT2D eigenvalue weighted by Gasteiger charge is 2.24. The number of nitrogens with zero attached hydrogens (tertiary/aromatic N) is 2. The van der Waals surface area contributed by atoms with Gasteiger partial charge in [-0.25, -0.2) is 9.18 Å². The first kappa shape index (κ1) is 14.1. The molecule has 0 fully saturated rings. The van der Waals surface area contributed by atoms with E-state index in [9.17, 15) is 14.3 Å². The number of carboxylic acid groups (broad SMARTS) is 1. The Morgan fingerprint density at radius 1 is 1.50 bits per heavy atom. The number of phenols is 1. The van der Waals surface area contributed by atoms with Crippen molar-refractivity contribution in [1.29, 1.82) is 0 Å². The van der Waals surface area contributed by atoms with Crippen molar-refractivity contribution in [3.05, 3.63) is 28.7 Å². The number of carboxylic acids is 1. The van der Waals surface area contributed by atoms with Crippen LogP contribution in [0.4, 0.5) is 4.39 Å². The molecule has 0 aliphatic heterocycles. The third-order valence-electron chi connectivity index (χ3n) is 2.71. The summed E-state index contributed by atoms with van der Waals surface area (Å²) in [6.07, 6.45) is 0. The van der Waals surface area contributed by atoms with Crippen LogP contribution >= 0.6 is 11.6 Å². The van der Waals surface area contributed by atoms with E-state index in [-0.39, 0.29) is 33.5 Å². The maximum atomic E-state index is 14.2. The molecule has 0 spiro atoms. The van der Waals surface area contributed by atoms with Gasteiger partial charge in [0.15, 0.2) is 23.0 Å². The Hall–Kier alpha value is -2.28. The normalized spacial score (nSPS) is 10.6. The fraction of sp³-hybridized carbons (Fsp3) is 0.167. The number of aromatic carboxylic acids is 1. The molecule has 0 radical (unpaired) electrons. The van der Waals surface area contributed by atoms with Gasteiger partial charge in [0.05, 0.1) is 23.4 Å². The summed E-state index contributed by atoms with van der Waals surface area (Å²) in [5.41, 5.74) is -0.294. The number of phenolic OH excluding ortho intramolecular Hbond substituents is 1. The molecule has 0 saturated heterocycles. The van der Waals surface area contributed by atoms with Gasteiger partial charge in [-0.3, -0.25) is 4.68 Å². The minimum Gasteiger partial charge on any atom is -0.504 e. The van der Waals surface area contributed by atoms with Gasteiger partial charge in [-0.1, -0.05) is 11.6 Å².